The number of benzene rings is 2. The van der Waals surface area contributed by atoms with Crippen LogP contribution in [0.25, 0.3) is 5.69 Å². The van der Waals surface area contributed by atoms with Crippen LogP contribution in [0.5, 0.6) is 5.75 Å². The SMILES string of the molecule is COc1ccc(-n2ccnc2Nc2ccccc2)cc1Br. The minimum absolute atomic E-state index is 0.762. The van der Waals surface area contributed by atoms with E-state index in [1.807, 2.05) is 59.3 Å². The van der Waals surface area contributed by atoms with E-state index in [1.165, 1.54) is 0 Å². The van der Waals surface area contributed by atoms with Crippen LogP contribution >= 0.6 is 15.9 Å². The minimum Gasteiger partial charge on any atom is -0.496 e. The van der Waals surface area contributed by atoms with Crippen molar-refractivity contribution in [2.24, 2.45) is 0 Å². The lowest BCUT2D eigenvalue weighted by molar-refractivity contribution is 0.412. The topological polar surface area (TPSA) is 39.1 Å². The van der Waals surface area contributed by atoms with E-state index in [0.29, 0.717) is 0 Å². The predicted molar refractivity (Wildman–Crippen MR) is 87.5 cm³/mol. The molecule has 3 aromatic rings. The van der Waals surface area contributed by atoms with Gasteiger partial charge in [0, 0.05) is 23.8 Å². The average molecular weight is 344 g/mol. The lowest BCUT2D eigenvalue weighted by atomic mass is 10.3. The highest BCUT2D eigenvalue weighted by Gasteiger charge is 2.08. The molecule has 1 N–H and O–H groups in total. The largest absolute Gasteiger partial charge is 0.496 e. The van der Waals surface area contributed by atoms with E-state index < -0.39 is 0 Å². The van der Waals surface area contributed by atoms with E-state index in [0.717, 1.165) is 27.5 Å². The highest BCUT2D eigenvalue weighted by Crippen LogP contribution is 2.28. The van der Waals surface area contributed by atoms with Crippen LogP contribution in [0.15, 0.2) is 65.4 Å². The number of hydrogen-bond donors (Lipinski definition) is 1. The van der Waals surface area contributed by atoms with Gasteiger partial charge in [0.15, 0.2) is 0 Å². The van der Waals surface area contributed by atoms with Gasteiger partial charge >= 0.3 is 0 Å². The summed E-state index contributed by atoms with van der Waals surface area (Å²) in [5.74, 6) is 1.56. The van der Waals surface area contributed by atoms with Gasteiger partial charge in [-0.15, -0.1) is 0 Å². The van der Waals surface area contributed by atoms with E-state index in [4.69, 9.17) is 4.74 Å². The number of ether oxygens (including phenoxy) is 1. The van der Waals surface area contributed by atoms with Gasteiger partial charge in [-0.1, -0.05) is 18.2 Å². The van der Waals surface area contributed by atoms with E-state index >= 15 is 0 Å². The van der Waals surface area contributed by atoms with Crippen molar-refractivity contribution in [2.45, 2.75) is 0 Å². The molecule has 5 heteroatoms. The van der Waals surface area contributed by atoms with Crippen LogP contribution in [0.2, 0.25) is 0 Å². The van der Waals surface area contributed by atoms with Gasteiger partial charge in [-0.25, -0.2) is 4.98 Å². The summed E-state index contributed by atoms with van der Waals surface area (Å²) < 4.78 is 8.14. The molecule has 0 saturated carbocycles. The summed E-state index contributed by atoms with van der Waals surface area (Å²) in [7, 11) is 1.65. The maximum absolute atomic E-state index is 5.26. The zero-order valence-electron chi connectivity index (χ0n) is 11.5. The zero-order chi connectivity index (χ0) is 14.7. The normalized spacial score (nSPS) is 10.4. The molecule has 0 radical (unpaired) electrons. The first kappa shape index (κ1) is 13.7. The van der Waals surface area contributed by atoms with Crippen LogP contribution in [0.4, 0.5) is 11.6 Å². The van der Waals surface area contributed by atoms with Crippen LogP contribution in [-0.4, -0.2) is 16.7 Å². The molecule has 0 unspecified atom stereocenters. The Hall–Kier alpha value is -2.27. The molecule has 106 valence electrons. The molecule has 0 aliphatic heterocycles. The minimum atomic E-state index is 0.762. The summed E-state index contributed by atoms with van der Waals surface area (Å²) in [6.07, 6.45) is 3.68. The number of nitrogens with one attached hydrogen (secondary N) is 1. The van der Waals surface area contributed by atoms with Crippen molar-refractivity contribution in [1.82, 2.24) is 9.55 Å². The van der Waals surface area contributed by atoms with Gasteiger partial charge in [-0.3, -0.25) is 4.57 Å². The molecule has 21 heavy (non-hydrogen) atoms. The molecule has 3 rings (SSSR count). The van der Waals surface area contributed by atoms with Crippen LogP contribution in [0.3, 0.4) is 0 Å². The predicted octanol–water partition coefficient (Wildman–Crippen LogP) is 4.39. The van der Waals surface area contributed by atoms with Crippen LogP contribution in [0, 0.1) is 0 Å². The molecular weight excluding hydrogens is 330 g/mol. The van der Waals surface area contributed by atoms with Crippen molar-refractivity contribution >= 4 is 27.6 Å². The molecule has 0 aliphatic carbocycles. The molecule has 0 fully saturated rings. The zero-order valence-corrected chi connectivity index (χ0v) is 13.0. The standard InChI is InChI=1S/C16H14BrN3O/c1-21-15-8-7-13(11-14(15)17)20-10-9-18-16(20)19-12-5-3-2-4-6-12/h2-11H,1H3,(H,18,19). The smallest absolute Gasteiger partial charge is 0.212 e. The van der Waals surface area contributed by atoms with Crippen molar-refractivity contribution in [3.05, 3.63) is 65.4 Å². The molecule has 0 aliphatic rings. The molecule has 0 atom stereocenters. The number of hydrogen-bond acceptors (Lipinski definition) is 3. The van der Waals surface area contributed by atoms with E-state index in [1.54, 1.807) is 13.3 Å². The summed E-state index contributed by atoms with van der Waals surface area (Å²) >= 11 is 3.51. The third kappa shape index (κ3) is 2.92. The first-order chi connectivity index (χ1) is 10.3. The number of anilines is 2. The third-order valence-electron chi connectivity index (χ3n) is 3.08. The van der Waals surface area contributed by atoms with Gasteiger partial charge < -0.3 is 10.1 Å². The first-order valence-electron chi connectivity index (χ1n) is 6.47. The number of halogens is 1. The summed E-state index contributed by atoms with van der Waals surface area (Å²) in [6, 6.07) is 15.9. The summed E-state index contributed by atoms with van der Waals surface area (Å²) in [5, 5.41) is 3.30. The van der Waals surface area contributed by atoms with Crippen molar-refractivity contribution in [2.75, 3.05) is 12.4 Å². The Labute approximate surface area is 131 Å². The molecule has 0 bridgehead atoms. The Morgan fingerprint density at radius 2 is 1.95 bits per heavy atom. The van der Waals surface area contributed by atoms with Crippen molar-refractivity contribution < 1.29 is 4.74 Å². The molecule has 2 aromatic carbocycles. The fraction of sp³-hybridized carbons (Fsp3) is 0.0625. The third-order valence-corrected chi connectivity index (χ3v) is 3.70. The quantitative estimate of drug-likeness (QED) is 0.763. The second-order valence-electron chi connectivity index (χ2n) is 4.43. The summed E-state index contributed by atoms with van der Waals surface area (Å²) in [5.41, 5.74) is 2.00. The molecule has 4 nitrogen and oxygen atoms in total. The van der Waals surface area contributed by atoms with E-state index in [-0.39, 0.29) is 0 Å². The van der Waals surface area contributed by atoms with Gasteiger partial charge in [-0.05, 0) is 46.3 Å². The monoisotopic (exact) mass is 343 g/mol. The fourth-order valence-electron chi connectivity index (χ4n) is 2.06. The molecule has 0 amide bonds. The average Bonchev–Trinajstić information content (AvgIpc) is 2.96. The van der Waals surface area contributed by atoms with Gasteiger partial charge in [0.2, 0.25) is 5.95 Å². The summed E-state index contributed by atoms with van der Waals surface area (Å²) in [4.78, 5) is 4.37. The van der Waals surface area contributed by atoms with E-state index in [9.17, 15) is 0 Å². The number of para-hydroxylation sites is 1. The van der Waals surface area contributed by atoms with Crippen LogP contribution < -0.4 is 10.1 Å². The van der Waals surface area contributed by atoms with Gasteiger partial charge in [0.1, 0.15) is 5.75 Å². The Balaban J connectivity index is 1.93. The van der Waals surface area contributed by atoms with Gasteiger partial charge in [0.05, 0.1) is 11.6 Å². The molecular formula is C16H14BrN3O. The fourth-order valence-corrected chi connectivity index (χ4v) is 2.59. The number of aromatic nitrogens is 2. The second kappa shape index (κ2) is 6.01. The number of rotatable bonds is 4. The Kier molecular flexibility index (Phi) is 3.92. The highest BCUT2D eigenvalue weighted by molar-refractivity contribution is 9.10. The first-order valence-corrected chi connectivity index (χ1v) is 7.26. The van der Waals surface area contributed by atoms with Crippen molar-refractivity contribution in [3.8, 4) is 11.4 Å². The molecule has 0 saturated heterocycles. The van der Waals surface area contributed by atoms with E-state index in [2.05, 4.69) is 26.2 Å². The highest BCUT2D eigenvalue weighted by atomic mass is 79.9. The van der Waals surface area contributed by atoms with Crippen molar-refractivity contribution in [1.29, 1.82) is 0 Å². The lowest BCUT2D eigenvalue weighted by Gasteiger charge is -2.11. The Morgan fingerprint density at radius 3 is 2.67 bits per heavy atom. The maximum Gasteiger partial charge on any atom is 0.212 e. The number of methoxy groups -OCH3 is 1. The maximum atomic E-state index is 5.26. The molecule has 1 heterocycles. The number of nitrogens with zero attached hydrogens (tertiary/aromatic N) is 2. The van der Waals surface area contributed by atoms with Gasteiger partial charge in [0.25, 0.3) is 0 Å². The Morgan fingerprint density at radius 1 is 1.14 bits per heavy atom. The second-order valence-corrected chi connectivity index (χ2v) is 5.29. The van der Waals surface area contributed by atoms with Gasteiger partial charge in [-0.2, -0.15) is 0 Å². The molecule has 0 spiro atoms. The Bertz CT molecular complexity index is 740. The molecule has 1 aromatic heterocycles. The number of imidazole rings is 1. The summed E-state index contributed by atoms with van der Waals surface area (Å²) in [6.45, 7) is 0. The van der Waals surface area contributed by atoms with Crippen LogP contribution in [0.1, 0.15) is 0 Å². The van der Waals surface area contributed by atoms with Crippen molar-refractivity contribution in [3.63, 3.8) is 0 Å². The van der Waals surface area contributed by atoms with Crippen LogP contribution in [-0.2, 0) is 0 Å². The lowest BCUT2D eigenvalue weighted by Crippen LogP contribution is -2.01.